The van der Waals surface area contributed by atoms with Gasteiger partial charge in [0.15, 0.2) is 0 Å². The number of hydrogen-bond donors (Lipinski definition) is 3. The van der Waals surface area contributed by atoms with Gasteiger partial charge in [0.25, 0.3) is 0 Å². The van der Waals surface area contributed by atoms with E-state index in [0.29, 0.717) is 0 Å². The Morgan fingerprint density at radius 2 is 1.94 bits per heavy atom. The molecule has 2 fully saturated rings. The lowest BCUT2D eigenvalue weighted by molar-refractivity contribution is 0.00828. The van der Waals surface area contributed by atoms with E-state index in [1.807, 2.05) is 0 Å². The van der Waals surface area contributed by atoms with Crippen LogP contribution in [0, 0.1) is 5.92 Å². The number of nitrogens with one attached hydrogen (secondary N) is 2. The summed E-state index contributed by atoms with van der Waals surface area (Å²) in [7, 11) is 0. The number of ether oxygens (including phenoxy) is 1. The summed E-state index contributed by atoms with van der Waals surface area (Å²) in [5, 5.41) is 17.0. The Kier molecular flexibility index (Phi) is 4.58. The molecule has 0 aromatic carbocycles. The van der Waals surface area contributed by atoms with Gasteiger partial charge in [-0.3, -0.25) is 0 Å². The van der Waals surface area contributed by atoms with Gasteiger partial charge in [0.05, 0.1) is 5.60 Å². The molecule has 16 heavy (non-hydrogen) atoms. The molecule has 0 spiro atoms. The second-order valence-electron chi connectivity index (χ2n) is 5.16. The molecule has 0 radical (unpaired) electrons. The quantitative estimate of drug-likeness (QED) is 0.639. The minimum Gasteiger partial charge on any atom is -0.388 e. The van der Waals surface area contributed by atoms with Gasteiger partial charge < -0.3 is 20.5 Å². The maximum Gasteiger partial charge on any atom is 0.0795 e. The molecule has 2 heterocycles. The summed E-state index contributed by atoms with van der Waals surface area (Å²) in [4.78, 5) is 0. The van der Waals surface area contributed by atoms with E-state index in [1.54, 1.807) is 0 Å². The van der Waals surface area contributed by atoms with Crippen LogP contribution in [0.25, 0.3) is 0 Å². The fraction of sp³-hybridized carbons (Fsp3) is 1.00. The van der Waals surface area contributed by atoms with E-state index in [0.717, 1.165) is 71.0 Å². The van der Waals surface area contributed by atoms with Crippen LogP contribution < -0.4 is 10.6 Å². The first-order valence-corrected chi connectivity index (χ1v) is 6.50. The molecule has 0 amide bonds. The third-order valence-corrected chi connectivity index (χ3v) is 3.76. The molecule has 0 aromatic rings. The lowest BCUT2D eigenvalue weighted by atomic mass is 9.92. The van der Waals surface area contributed by atoms with E-state index >= 15 is 0 Å². The van der Waals surface area contributed by atoms with Gasteiger partial charge in [0, 0.05) is 19.8 Å². The Hall–Kier alpha value is -0.160. The summed E-state index contributed by atoms with van der Waals surface area (Å²) in [5.41, 5.74) is -0.476. The van der Waals surface area contributed by atoms with Gasteiger partial charge in [-0.2, -0.15) is 0 Å². The largest absolute Gasteiger partial charge is 0.388 e. The Labute approximate surface area is 97.7 Å². The fourth-order valence-electron chi connectivity index (χ4n) is 2.53. The maximum atomic E-state index is 10.3. The van der Waals surface area contributed by atoms with Gasteiger partial charge >= 0.3 is 0 Å². The minimum absolute atomic E-state index is 0.476. The Morgan fingerprint density at radius 1 is 1.25 bits per heavy atom. The van der Waals surface area contributed by atoms with E-state index in [9.17, 15) is 5.11 Å². The van der Waals surface area contributed by atoms with Crippen LogP contribution in [-0.2, 0) is 4.74 Å². The summed E-state index contributed by atoms with van der Waals surface area (Å²) >= 11 is 0. The number of piperidine rings is 1. The molecule has 0 atom stereocenters. The third-order valence-electron chi connectivity index (χ3n) is 3.76. The van der Waals surface area contributed by atoms with E-state index in [-0.39, 0.29) is 0 Å². The highest BCUT2D eigenvalue weighted by Crippen LogP contribution is 2.18. The molecule has 0 aromatic heterocycles. The van der Waals surface area contributed by atoms with E-state index in [2.05, 4.69) is 10.6 Å². The first-order valence-electron chi connectivity index (χ1n) is 6.50. The van der Waals surface area contributed by atoms with Crippen LogP contribution in [0.5, 0.6) is 0 Å². The highest BCUT2D eigenvalue weighted by Gasteiger charge is 2.28. The molecule has 0 aliphatic carbocycles. The van der Waals surface area contributed by atoms with Gasteiger partial charge in [-0.15, -0.1) is 0 Å². The second-order valence-corrected chi connectivity index (χ2v) is 5.16. The predicted octanol–water partition coefficient (Wildman–Crippen LogP) is 0.117. The number of rotatable bonds is 4. The molecule has 0 bridgehead atoms. The molecule has 0 saturated carbocycles. The van der Waals surface area contributed by atoms with Gasteiger partial charge in [-0.25, -0.2) is 0 Å². The average molecular weight is 228 g/mol. The van der Waals surface area contributed by atoms with Crippen LogP contribution in [-0.4, -0.2) is 50.1 Å². The van der Waals surface area contributed by atoms with Crippen molar-refractivity contribution in [2.24, 2.45) is 5.92 Å². The van der Waals surface area contributed by atoms with Crippen LogP contribution >= 0.6 is 0 Å². The maximum absolute atomic E-state index is 10.3. The lowest BCUT2D eigenvalue weighted by Crippen LogP contribution is -2.49. The van der Waals surface area contributed by atoms with Crippen LogP contribution in [0.2, 0.25) is 0 Å². The van der Waals surface area contributed by atoms with Crippen molar-refractivity contribution in [3.8, 4) is 0 Å². The van der Waals surface area contributed by atoms with Crippen molar-refractivity contribution in [1.29, 1.82) is 0 Å². The molecule has 3 N–H and O–H groups in total. The van der Waals surface area contributed by atoms with Crippen LogP contribution in [0.15, 0.2) is 0 Å². The molecule has 4 heteroatoms. The highest BCUT2D eigenvalue weighted by atomic mass is 16.5. The summed E-state index contributed by atoms with van der Waals surface area (Å²) in [6.07, 6.45) is 4.06. The van der Waals surface area contributed by atoms with Crippen molar-refractivity contribution >= 4 is 0 Å². The van der Waals surface area contributed by atoms with E-state index < -0.39 is 5.60 Å². The van der Waals surface area contributed by atoms with Crippen molar-refractivity contribution in [1.82, 2.24) is 10.6 Å². The second kappa shape index (κ2) is 5.96. The fourth-order valence-corrected chi connectivity index (χ4v) is 2.53. The van der Waals surface area contributed by atoms with Gasteiger partial charge in [0.1, 0.15) is 0 Å². The molecule has 2 aliphatic heterocycles. The molecule has 0 unspecified atom stereocenters. The van der Waals surface area contributed by atoms with Gasteiger partial charge in [-0.05, 0) is 51.2 Å². The van der Waals surface area contributed by atoms with Crippen molar-refractivity contribution in [2.45, 2.75) is 31.3 Å². The van der Waals surface area contributed by atoms with Gasteiger partial charge in [0.2, 0.25) is 0 Å². The Morgan fingerprint density at radius 3 is 2.62 bits per heavy atom. The minimum atomic E-state index is -0.476. The van der Waals surface area contributed by atoms with Crippen LogP contribution in [0.3, 0.4) is 0 Å². The molecule has 2 saturated heterocycles. The summed E-state index contributed by atoms with van der Waals surface area (Å²) in [6, 6.07) is 0. The zero-order valence-corrected chi connectivity index (χ0v) is 10.0. The zero-order chi connectivity index (χ0) is 11.3. The van der Waals surface area contributed by atoms with Crippen molar-refractivity contribution in [2.75, 3.05) is 39.4 Å². The predicted molar refractivity (Wildman–Crippen MR) is 63.5 cm³/mol. The number of hydrogen-bond acceptors (Lipinski definition) is 4. The molecular weight excluding hydrogens is 204 g/mol. The summed E-state index contributed by atoms with van der Waals surface area (Å²) < 4.78 is 5.33. The smallest absolute Gasteiger partial charge is 0.0795 e. The lowest BCUT2D eigenvalue weighted by Gasteiger charge is -2.33. The highest BCUT2D eigenvalue weighted by molar-refractivity contribution is 4.86. The zero-order valence-electron chi connectivity index (χ0n) is 10.0. The molecular formula is C12H24N2O2. The average Bonchev–Trinajstić information content (AvgIpc) is 2.31. The van der Waals surface area contributed by atoms with Crippen molar-refractivity contribution in [3.63, 3.8) is 0 Å². The Balaban J connectivity index is 1.62. The molecule has 2 rings (SSSR count). The SMILES string of the molecule is OC1(CNCC2CCOCC2)CCNCC1. The first kappa shape index (κ1) is 12.3. The summed E-state index contributed by atoms with van der Waals surface area (Å²) in [6.45, 7) is 5.46. The Bertz CT molecular complexity index is 199. The van der Waals surface area contributed by atoms with Crippen molar-refractivity contribution in [3.05, 3.63) is 0 Å². The standard InChI is InChI=1S/C12H24N2O2/c15-12(3-5-13-6-4-12)10-14-9-11-1-7-16-8-2-11/h11,13-15H,1-10H2. The molecule has 2 aliphatic rings. The number of aliphatic hydroxyl groups is 1. The van der Waals surface area contributed by atoms with Crippen LogP contribution in [0.1, 0.15) is 25.7 Å². The third kappa shape index (κ3) is 3.70. The first-order chi connectivity index (χ1) is 7.79. The normalized spacial score (nSPS) is 26.8. The topological polar surface area (TPSA) is 53.5 Å². The van der Waals surface area contributed by atoms with Gasteiger partial charge in [-0.1, -0.05) is 0 Å². The van der Waals surface area contributed by atoms with Crippen molar-refractivity contribution < 1.29 is 9.84 Å². The van der Waals surface area contributed by atoms with Crippen LogP contribution in [0.4, 0.5) is 0 Å². The summed E-state index contributed by atoms with van der Waals surface area (Å²) in [5.74, 6) is 0.735. The van der Waals surface area contributed by atoms with E-state index in [4.69, 9.17) is 4.74 Å². The van der Waals surface area contributed by atoms with E-state index in [1.165, 1.54) is 0 Å². The molecule has 4 nitrogen and oxygen atoms in total. The monoisotopic (exact) mass is 228 g/mol. The molecule has 94 valence electrons.